The van der Waals surface area contributed by atoms with E-state index in [-0.39, 0.29) is 5.75 Å². The van der Waals surface area contributed by atoms with Gasteiger partial charge in [-0.3, -0.25) is 0 Å². The van der Waals surface area contributed by atoms with Gasteiger partial charge in [0, 0.05) is 28.9 Å². The minimum Gasteiger partial charge on any atom is -0.241 e. The molecule has 0 aliphatic rings. The largest absolute Gasteiger partial charge is 0.241 e. The van der Waals surface area contributed by atoms with Crippen LogP contribution in [0.15, 0.2) is 42.3 Å². The molecule has 112 valence electrons. The van der Waals surface area contributed by atoms with Crippen molar-refractivity contribution in [1.82, 2.24) is 9.71 Å². The van der Waals surface area contributed by atoms with Crippen molar-refractivity contribution in [2.45, 2.75) is 6.42 Å². The molecule has 0 aliphatic carbocycles. The molecule has 1 N–H and O–H groups in total. The summed E-state index contributed by atoms with van der Waals surface area (Å²) in [6.45, 7) is 3.75. The van der Waals surface area contributed by atoms with Crippen LogP contribution in [-0.4, -0.2) is 25.7 Å². The Hall–Kier alpha value is -1.21. The molecule has 21 heavy (non-hydrogen) atoms. The second-order valence-corrected chi connectivity index (χ2v) is 7.58. The van der Waals surface area contributed by atoms with E-state index in [0.29, 0.717) is 18.0 Å². The molecule has 0 aliphatic heterocycles. The van der Waals surface area contributed by atoms with E-state index < -0.39 is 10.0 Å². The van der Waals surface area contributed by atoms with Gasteiger partial charge in [0.2, 0.25) is 10.0 Å². The van der Waals surface area contributed by atoms with Crippen LogP contribution >= 0.6 is 22.9 Å². The van der Waals surface area contributed by atoms with Crippen molar-refractivity contribution in [2.24, 2.45) is 0 Å². The molecule has 0 unspecified atom stereocenters. The minimum atomic E-state index is -3.26. The summed E-state index contributed by atoms with van der Waals surface area (Å²) in [5, 5.41) is 3.53. The first kappa shape index (κ1) is 16.2. The number of nitrogens with one attached hydrogen (secondary N) is 1. The summed E-state index contributed by atoms with van der Waals surface area (Å²) in [7, 11) is -3.26. The fourth-order valence-electron chi connectivity index (χ4n) is 1.71. The molecule has 2 rings (SSSR count). The van der Waals surface area contributed by atoms with Crippen molar-refractivity contribution >= 4 is 33.0 Å². The van der Waals surface area contributed by atoms with Gasteiger partial charge in [0.15, 0.2) is 0 Å². The molecule has 2 aromatic rings. The van der Waals surface area contributed by atoms with Crippen LogP contribution in [0.5, 0.6) is 0 Å². The Morgan fingerprint density at radius 1 is 1.33 bits per heavy atom. The predicted molar refractivity (Wildman–Crippen MR) is 88.3 cm³/mol. The van der Waals surface area contributed by atoms with Gasteiger partial charge in [0.25, 0.3) is 0 Å². The number of nitrogens with zero attached hydrogens (tertiary/aromatic N) is 1. The Kier molecular flexibility index (Phi) is 5.52. The average Bonchev–Trinajstić information content (AvgIpc) is 2.88. The van der Waals surface area contributed by atoms with Crippen LogP contribution in [0.2, 0.25) is 5.02 Å². The molecule has 0 saturated heterocycles. The van der Waals surface area contributed by atoms with E-state index in [9.17, 15) is 8.42 Å². The first-order valence-electron chi connectivity index (χ1n) is 6.29. The number of hydrogen-bond acceptors (Lipinski definition) is 4. The summed E-state index contributed by atoms with van der Waals surface area (Å²) in [5.74, 6) is -0.0686. The molecular weight excluding hydrogens is 328 g/mol. The Balaban J connectivity index is 1.95. The number of benzene rings is 1. The summed E-state index contributed by atoms with van der Waals surface area (Å²) in [6, 6.07) is 7.46. The van der Waals surface area contributed by atoms with Crippen LogP contribution in [0.25, 0.3) is 11.3 Å². The maximum atomic E-state index is 11.5. The molecule has 0 saturated carbocycles. The highest BCUT2D eigenvalue weighted by Gasteiger charge is 2.08. The maximum Gasteiger partial charge on any atom is 0.215 e. The Morgan fingerprint density at radius 3 is 2.71 bits per heavy atom. The third-order valence-corrected chi connectivity index (χ3v) is 5.17. The number of hydrogen-bond donors (Lipinski definition) is 1. The predicted octanol–water partition coefficient (Wildman–Crippen LogP) is 3.11. The molecule has 1 aromatic heterocycles. The molecule has 0 fully saturated rings. The van der Waals surface area contributed by atoms with Crippen molar-refractivity contribution < 1.29 is 8.42 Å². The average molecular weight is 343 g/mol. The van der Waals surface area contributed by atoms with E-state index in [1.54, 1.807) is 0 Å². The van der Waals surface area contributed by atoms with E-state index in [4.69, 9.17) is 11.6 Å². The summed E-state index contributed by atoms with van der Waals surface area (Å²) >= 11 is 7.36. The quantitative estimate of drug-likeness (QED) is 0.786. The molecule has 7 heteroatoms. The lowest BCUT2D eigenvalue weighted by molar-refractivity contribution is 0.584. The molecule has 1 aromatic carbocycles. The molecule has 0 amide bonds. The van der Waals surface area contributed by atoms with Gasteiger partial charge in [-0.2, -0.15) is 0 Å². The van der Waals surface area contributed by atoms with E-state index in [0.717, 1.165) is 16.3 Å². The first-order valence-corrected chi connectivity index (χ1v) is 9.20. The Bertz CT molecular complexity index is 709. The molecule has 0 atom stereocenters. The molecular formula is C14H15ClN2O2S2. The monoisotopic (exact) mass is 342 g/mol. The number of sulfonamides is 1. The van der Waals surface area contributed by atoms with Crippen LogP contribution in [-0.2, 0) is 16.4 Å². The molecule has 1 heterocycles. The van der Waals surface area contributed by atoms with Crippen molar-refractivity contribution in [3.8, 4) is 11.3 Å². The van der Waals surface area contributed by atoms with E-state index in [1.165, 1.54) is 17.4 Å². The second kappa shape index (κ2) is 7.17. The van der Waals surface area contributed by atoms with Gasteiger partial charge in [0.05, 0.1) is 16.5 Å². The zero-order chi connectivity index (χ0) is 15.3. The number of halogens is 1. The maximum absolute atomic E-state index is 11.5. The minimum absolute atomic E-state index is 0.0686. The smallest absolute Gasteiger partial charge is 0.215 e. The van der Waals surface area contributed by atoms with Gasteiger partial charge < -0.3 is 0 Å². The van der Waals surface area contributed by atoms with Crippen molar-refractivity contribution in [2.75, 3.05) is 12.3 Å². The lowest BCUT2D eigenvalue weighted by atomic mass is 10.2. The summed E-state index contributed by atoms with van der Waals surface area (Å²) in [4.78, 5) is 4.50. The number of thiazole rings is 1. The summed E-state index contributed by atoms with van der Waals surface area (Å²) < 4.78 is 25.5. The van der Waals surface area contributed by atoms with E-state index in [2.05, 4.69) is 16.3 Å². The van der Waals surface area contributed by atoms with Crippen LogP contribution in [0, 0.1) is 0 Å². The summed E-state index contributed by atoms with van der Waals surface area (Å²) in [6.07, 6.45) is 1.93. The number of rotatable bonds is 7. The lowest BCUT2D eigenvalue weighted by Crippen LogP contribution is -2.27. The zero-order valence-corrected chi connectivity index (χ0v) is 13.6. The topological polar surface area (TPSA) is 59.1 Å². The van der Waals surface area contributed by atoms with E-state index in [1.807, 2.05) is 29.6 Å². The van der Waals surface area contributed by atoms with Crippen molar-refractivity contribution in [3.63, 3.8) is 0 Å². The molecule has 0 radical (unpaired) electrons. The van der Waals surface area contributed by atoms with Gasteiger partial charge in [-0.25, -0.2) is 18.1 Å². The van der Waals surface area contributed by atoms with Gasteiger partial charge >= 0.3 is 0 Å². The van der Waals surface area contributed by atoms with Crippen molar-refractivity contribution in [3.05, 3.63) is 52.3 Å². The normalized spacial score (nSPS) is 11.5. The van der Waals surface area contributed by atoms with E-state index >= 15 is 0 Å². The molecule has 4 nitrogen and oxygen atoms in total. The highest BCUT2D eigenvalue weighted by molar-refractivity contribution is 7.89. The SMILES string of the molecule is C=CCS(=O)(=O)NCCc1nc(-c2ccc(Cl)cc2)cs1. The highest BCUT2D eigenvalue weighted by atomic mass is 35.5. The van der Waals surface area contributed by atoms with Gasteiger partial charge in [-0.05, 0) is 12.1 Å². The van der Waals surface area contributed by atoms with Crippen LogP contribution < -0.4 is 4.72 Å². The lowest BCUT2D eigenvalue weighted by Gasteiger charge is -2.02. The summed E-state index contributed by atoms with van der Waals surface area (Å²) in [5.41, 5.74) is 1.87. The third-order valence-electron chi connectivity index (χ3n) is 2.69. The zero-order valence-electron chi connectivity index (χ0n) is 11.3. The Labute approximate surface area is 133 Å². The fourth-order valence-corrected chi connectivity index (χ4v) is 3.48. The highest BCUT2D eigenvalue weighted by Crippen LogP contribution is 2.23. The number of aromatic nitrogens is 1. The molecule has 0 spiro atoms. The van der Waals surface area contributed by atoms with Gasteiger partial charge in [0.1, 0.15) is 0 Å². The van der Waals surface area contributed by atoms with Gasteiger partial charge in [-0.1, -0.05) is 29.8 Å². The standard InChI is InChI=1S/C14H15ClN2O2S2/c1-2-9-21(18,19)16-8-7-14-17-13(10-20-14)11-3-5-12(15)6-4-11/h2-6,10,16H,1,7-9H2. The Morgan fingerprint density at radius 2 is 2.05 bits per heavy atom. The van der Waals surface area contributed by atoms with Crippen molar-refractivity contribution in [1.29, 1.82) is 0 Å². The molecule has 0 bridgehead atoms. The first-order chi connectivity index (χ1) is 10.00. The van der Waals surface area contributed by atoms with Crippen LogP contribution in [0.4, 0.5) is 0 Å². The second-order valence-electron chi connectivity index (χ2n) is 4.35. The van der Waals surface area contributed by atoms with Crippen LogP contribution in [0.1, 0.15) is 5.01 Å². The van der Waals surface area contributed by atoms with Crippen LogP contribution in [0.3, 0.4) is 0 Å². The van der Waals surface area contributed by atoms with Gasteiger partial charge in [-0.15, -0.1) is 17.9 Å². The third kappa shape index (κ3) is 4.93. The fraction of sp³-hybridized carbons (Fsp3) is 0.214.